The van der Waals surface area contributed by atoms with Gasteiger partial charge in [0.1, 0.15) is 21.9 Å². The van der Waals surface area contributed by atoms with Crippen molar-refractivity contribution < 1.29 is 9.90 Å². The summed E-state index contributed by atoms with van der Waals surface area (Å²) < 4.78 is 0. The van der Waals surface area contributed by atoms with Crippen LogP contribution in [0.4, 0.5) is 11.5 Å². The van der Waals surface area contributed by atoms with Crippen LogP contribution in [0.15, 0.2) is 24.5 Å². The second-order valence-electron chi connectivity index (χ2n) is 7.00. The number of carboxylic acids is 1. The van der Waals surface area contributed by atoms with Gasteiger partial charge in [-0.3, -0.25) is 0 Å². The topological polar surface area (TPSA) is 69.6 Å². The Balaban J connectivity index is 1.62. The summed E-state index contributed by atoms with van der Waals surface area (Å²) in [7, 11) is 0. The van der Waals surface area contributed by atoms with E-state index >= 15 is 0 Å². The Morgan fingerprint density at radius 2 is 1.78 bits per heavy atom. The van der Waals surface area contributed by atoms with Gasteiger partial charge >= 0.3 is 5.97 Å². The standard InChI is InChI=1S/C20H22N4O2S/c1-12-4-5-13(2)15(10-12)23-6-8-24(9-7-23)18-16-14(3)17(20(25)26)27-19(16)22-11-21-18/h4-5,10-11H,6-9H2,1-3H3,(H,25,26). The molecule has 0 aliphatic carbocycles. The molecule has 7 heteroatoms. The van der Waals surface area contributed by atoms with Crippen LogP contribution in [-0.2, 0) is 0 Å². The molecule has 0 unspecified atom stereocenters. The quantitative estimate of drug-likeness (QED) is 0.746. The van der Waals surface area contributed by atoms with Gasteiger partial charge in [0, 0.05) is 31.9 Å². The van der Waals surface area contributed by atoms with E-state index in [9.17, 15) is 9.90 Å². The van der Waals surface area contributed by atoms with Crippen LogP contribution in [0.25, 0.3) is 10.2 Å². The Morgan fingerprint density at radius 3 is 2.48 bits per heavy atom. The summed E-state index contributed by atoms with van der Waals surface area (Å²) in [6.07, 6.45) is 1.54. The number of aromatic carboxylic acids is 1. The van der Waals surface area contributed by atoms with E-state index in [1.807, 2.05) is 6.92 Å². The lowest BCUT2D eigenvalue weighted by molar-refractivity contribution is 0.0701. The lowest BCUT2D eigenvalue weighted by Gasteiger charge is -2.37. The summed E-state index contributed by atoms with van der Waals surface area (Å²) in [5, 5.41) is 10.3. The molecule has 3 heterocycles. The maximum atomic E-state index is 11.5. The molecule has 0 amide bonds. The molecule has 0 spiro atoms. The molecule has 1 aliphatic rings. The number of nitrogens with zero attached hydrogens (tertiary/aromatic N) is 4. The van der Waals surface area contributed by atoms with Crippen LogP contribution in [-0.4, -0.2) is 47.2 Å². The fraction of sp³-hybridized carbons (Fsp3) is 0.350. The van der Waals surface area contributed by atoms with E-state index in [1.54, 1.807) is 0 Å². The number of anilines is 2. The normalized spacial score (nSPS) is 14.8. The molecule has 1 aliphatic heterocycles. The summed E-state index contributed by atoms with van der Waals surface area (Å²) >= 11 is 1.22. The van der Waals surface area contributed by atoms with Crippen molar-refractivity contribution in [3.8, 4) is 0 Å². The fourth-order valence-electron chi connectivity index (χ4n) is 3.72. The summed E-state index contributed by atoms with van der Waals surface area (Å²) in [5.41, 5.74) is 4.61. The van der Waals surface area contributed by atoms with Crippen molar-refractivity contribution in [2.45, 2.75) is 20.8 Å². The van der Waals surface area contributed by atoms with E-state index in [4.69, 9.17) is 0 Å². The molecular formula is C20H22N4O2S. The molecule has 0 saturated carbocycles. The number of aromatic nitrogens is 2. The van der Waals surface area contributed by atoms with Crippen LogP contribution in [0, 0.1) is 20.8 Å². The first-order valence-electron chi connectivity index (χ1n) is 9.00. The number of carboxylic acid groups (broad SMARTS) is 1. The third-order valence-corrected chi connectivity index (χ3v) is 6.37. The van der Waals surface area contributed by atoms with Gasteiger partial charge in [0.05, 0.1) is 5.39 Å². The molecule has 140 valence electrons. The fourth-order valence-corrected chi connectivity index (χ4v) is 4.70. The number of carbonyl (C=O) groups is 1. The Labute approximate surface area is 162 Å². The molecule has 0 atom stereocenters. The average Bonchev–Trinajstić information content (AvgIpc) is 3.01. The van der Waals surface area contributed by atoms with Crippen LogP contribution >= 0.6 is 11.3 Å². The van der Waals surface area contributed by atoms with Gasteiger partial charge in [-0.15, -0.1) is 11.3 Å². The number of aryl methyl sites for hydroxylation is 3. The first kappa shape index (κ1) is 17.7. The second kappa shape index (κ2) is 6.81. The minimum absolute atomic E-state index is 0.348. The first-order valence-corrected chi connectivity index (χ1v) is 9.82. The number of piperazine rings is 1. The second-order valence-corrected chi connectivity index (χ2v) is 8.00. The summed E-state index contributed by atoms with van der Waals surface area (Å²) in [5.74, 6) is -0.0527. The Morgan fingerprint density at radius 1 is 1.07 bits per heavy atom. The molecule has 1 N–H and O–H groups in total. The molecule has 4 rings (SSSR count). The third kappa shape index (κ3) is 3.12. The molecule has 1 saturated heterocycles. The first-order chi connectivity index (χ1) is 13.0. The van der Waals surface area contributed by atoms with E-state index in [0.29, 0.717) is 4.88 Å². The highest BCUT2D eigenvalue weighted by molar-refractivity contribution is 7.20. The Hall–Kier alpha value is -2.67. The van der Waals surface area contributed by atoms with Crippen molar-refractivity contribution >= 4 is 39.0 Å². The van der Waals surface area contributed by atoms with Gasteiger partial charge in [-0.1, -0.05) is 12.1 Å². The lowest BCUT2D eigenvalue weighted by Crippen LogP contribution is -2.47. The maximum absolute atomic E-state index is 11.5. The number of benzene rings is 1. The molecule has 1 aromatic carbocycles. The molecule has 27 heavy (non-hydrogen) atoms. The van der Waals surface area contributed by atoms with Gasteiger partial charge in [-0.05, 0) is 43.5 Å². The molecule has 0 radical (unpaired) electrons. The molecule has 1 fully saturated rings. The smallest absolute Gasteiger partial charge is 0.346 e. The highest BCUT2D eigenvalue weighted by Gasteiger charge is 2.24. The SMILES string of the molecule is Cc1ccc(C)c(N2CCN(c3ncnc4sc(C(=O)O)c(C)c34)CC2)c1. The van der Waals surface area contributed by atoms with Gasteiger partial charge in [0.2, 0.25) is 0 Å². The van der Waals surface area contributed by atoms with Crippen molar-refractivity contribution in [2.24, 2.45) is 0 Å². The van der Waals surface area contributed by atoms with Crippen molar-refractivity contribution in [3.05, 3.63) is 46.1 Å². The Bertz CT molecular complexity index is 1020. The monoisotopic (exact) mass is 382 g/mol. The van der Waals surface area contributed by atoms with Gasteiger partial charge < -0.3 is 14.9 Å². The van der Waals surface area contributed by atoms with Crippen molar-refractivity contribution in [2.75, 3.05) is 36.0 Å². The highest BCUT2D eigenvalue weighted by atomic mass is 32.1. The molecule has 0 bridgehead atoms. The molecule has 6 nitrogen and oxygen atoms in total. The van der Waals surface area contributed by atoms with Crippen LogP contribution < -0.4 is 9.80 Å². The third-order valence-electron chi connectivity index (χ3n) is 5.19. The van der Waals surface area contributed by atoms with Crippen LogP contribution in [0.5, 0.6) is 0 Å². The number of thiophene rings is 1. The molecule has 3 aromatic rings. The minimum atomic E-state index is -0.902. The largest absolute Gasteiger partial charge is 0.477 e. The molecular weight excluding hydrogens is 360 g/mol. The summed E-state index contributed by atoms with van der Waals surface area (Å²) in [6, 6.07) is 6.56. The minimum Gasteiger partial charge on any atom is -0.477 e. The average molecular weight is 382 g/mol. The van der Waals surface area contributed by atoms with E-state index in [1.165, 1.54) is 34.5 Å². The highest BCUT2D eigenvalue weighted by Crippen LogP contribution is 2.35. The zero-order valence-electron chi connectivity index (χ0n) is 15.7. The predicted octanol–water partition coefficient (Wildman–Crippen LogP) is 3.64. The van der Waals surface area contributed by atoms with Crippen molar-refractivity contribution in [3.63, 3.8) is 0 Å². The number of rotatable bonds is 3. The van der Waals surface area contributed by atoms with Crippen LogP contribution in [0.2, 0.25) is 0 Å². The number of fused-ring (bicyclic) bond motifs is 1. The van der Waals surface area contributed by atoms with Crippen LogP contribution in [0.3, 0.4) is 0 Å². The lowest BCUT2D eigenvalue weighted by atomic mass is 10.1. The number of hydrogen-bond donors (Lipinski definition) is 1. The zero-order valence-corrected chi connectivity index (χ0v) is 16.5. The zero-order chi connectivity index (χ0) is 19.1. The maximum Gasteiger partial charge on any atom is 0.346 e. The van der Waals surface area contributed by atoms with E-state index < -0.39 is 5.97 Å². The van der Waals surface area contributed by atoms with Crippen molar-refractivity contribution in [1.82, 2.24) is 9.97 Å². The van der Waals surface area contributed by atoms with E-state index in [0.717, 1.165) is 47.8 Å². The van der Waals surface area contributed by atoms with Gasteiger partial charge in [-0.2, -0.15) is 0 Å². The van der Waals surface area contributed by atoms with Gasteiger partial charge in [-0.25, -0.2) is 14.8 Å². The predicted molar refractivity (Wildman–Crippen MR) is 109 cm³/mol. The van der Waals surface area contributed by atoms with Crippen LogP contribution in [0.1, 0.15) is 26.4 Å². The van der Waals surface area contributed by atoms with Gasteiger partial charge in [0.15, 0.2) is 0 Å². The number of hydrogen-bond acceptors (Lipinski definition) is 6. The Kier molecular flexibility index (Phi) is 4.47. The summed E-state index contributed by atoms with van der Waals surface area (Å²) in [4.78, 5) is 26.0. The molecule has 2 aromatic heterocycles. The summed E-state index contributed by atoms with van der Waals surface area (Å²) in [6.45, 7) is 9.62. The van der Waals surface area contributed by atoms with Crippen molar-refractivity contribution in [1.29, 1.82) is 0 Å². The van der Waals surface area contributed by atoms with Gasteiger partial charge in [0.25, 0.3) is 0 Å². The van der Waals surface area contributed by atoms with E-state index in [2.05, 4.69) is 51.8 Å². The van der Waals surface area contributed by atoms with E-state index in [-0.39, 0.29) is 0 Å².